The number of rotatable bonds is 7. The molecule has 1 aromatic rings. The van der Waals surface area contributed by atoms with Crippen molar-refractivity contribution in [1.82, 2.24) is 9.97 Å². The van der Waals surface area contributed by atoms with Gasteiger partial charge in [0.25, 0.3) is 0 Å². The first-order valence-corrected chi connectivity index (χ1v) is 6.06. The second-order valence-corrected chi connectivity index (χ2v) is 4.10. The molecule has 2 N–H and O–H groups in total. The zero-order chi connectivity index (χ0) is 12.7. The fraction of sp³-hybridized carbons (Fsp3) is 0.667. The summed E-state index contributed by atoms with van der Waals surface area (Å²) in [6.07, 6.45) is 3.44. The Morgan fingerprint density at radius 1 is 1.47 bits per heavy atom. The number of anilines is 1. The summed E-state index contributed by atoms with van der Waals surface area (Å²) < 4.78 is 5.48. The van der Waals surface area contributed by atoms with Crippen LogP contribution in [0.5, 0.6) is 5.88 Å². The lowest BCUT2D eigenvalue weighted by atomic mass is 10.2. The Hall–Kier alpha value is -1.36. The smallest absolute Gasteiger partial charge is 0.218 e. The van der Waals surface area contributed by atoms with Gasteiger partial charge in [-0.15, -0.1) is 0 Å². The lowest BCUT2D eigenvalue weighted by molar-refractivity contribution is 0.304. The standard InChI is InChI=1S/C12H22N4O/c1-4-7-17-12-8-11(14-9-15-12)16(3)10(2)5-6-13/h8-10H,4-7,13H2,1-3H3. The molecular weight excluding hydrogens is 216 g/mol. The third-order valence-electron chi connectivity index (χ3n) is 2.69. The summed E-state index contributed by atoms with van der Waals surface area (Å²) in [6.45, 7) is 5.55. The molecule has 0 fully saturated rings. The van der Waals surface area contributed by atoms with E-state index in [0.29, 0.717) is 25.1 Å². The van der Waals surface area contributed by atoms with Crippen LogP contribution in [0.1, 0.15) is 26.7 Å². The van der Waals surface area contributed by atoms with Gasteiger partial charge in [0, 0.05) is 19.2 Å². The highest BCUT2D eigenvalue weighted by Crippen LogP contribution is 2.17. The largest absolute Gasteiger partial charge is 0.478 e. The quantitative estimate of drug-likeness (QED) is 0.778. The first-order chi connectivity index (χ1) is 8.19. The summed E-state index contributed by atoms with van der Waals surface area (Å²) in [6, 6.07) is 2.22. The first-order valence-electron chi connectivity index (χ1n) is 6.06. The van der Waals surface area contributed by atoms with Gasteiger partial charge >= 0.3 is 0 Å². The van der Waals surface area contributed by atoms with E-state index in [-0.39, 0.29) is 0 Å². The monoisotopic (exact) mass is 238 g/mol. The topological polar surface area (TPSA) is 64.3 Å². The highest BCUT2D eigenvalue weighted by Gasteiger charge is 2.11. The van der Waals surface area contributed by atoms with Crippen LogP contribution in [-0.2, 0) is 0 Å². The van der Waals surface area contributed by atoms with E-state index >= 15 is 0 Å². The van der Waals surface area contributed by atoms with Crippen molar-refractivity contribution in [2.45, 2.75) is 32.7 Å². The van der Waals surface area contributed by atoms with Crippen molar-refractivity contribution in [2.24, 2.45) is 5.73 Å². The van der Waals surface area contributed by atoms with Gasteiger partial charge in [-0.1, -0.05) is 6.92 Å². The zero-order valence-electron chi connectivity index (χ0n) is 10.9. The highest BCUT2D eigenvalue weighted by atomic mass is 16.5. The summed E-state index contributed by atoms with van der Waals surface area (Å²) >= 11 is 0. The van der Waals surface area contributed by atoms with Gasteiger partial charge in [0.05, 0.1) is 6.61 Å². The van der Waals surface area contributed by atoms with Gasteiger partial charge < -0.3 is 15.4 Å². The van der Waals surface area contributed by atoms with E-state index in [2.05, 4.69) is 28.7 Å². The molecule has 5 nitrogen and oxygen atoms in total. The van der Waals surface area contributed by atoms with E-state index in [0.717, 1.165) is 18.7 Å². The molecular formula is C12H22N4O. The average Bonchev–Trinajstić information content (AvgIpc) is 2.36. The fourth-order valence-electron chi connectivity index (χ4n) is 1.47. The predicted molar refractivity (Wildman–Crippen MR) is 69.4 cm³/mol. The molecule has 0 bridgehead atoms. The van der Waals surface area contributed by atoms with E-state index < -0.39 is 0 Å². The number of nitrogens with zero attached hydrogens (tertiary/aromatic N) is 3. The third kappa shape index (κ3) is 4.19. The minimum Gasteiger partial charge on any atom is -0.478 e. The van der Waals surface area contributed by atoms with Crippen molar-refractivity contribution in [3.63, 3.8) is 0 Å². The van der Waals surface area contributed by atoms with Crippen LogP contribution in [0, 0.1) is 0 Å². The highest BCUT2D eigenvalue weighted by molar-refractivity contribution is 5.40. The zero-order valence-corrected chi connectivity index (χ0v) is 10.9. The van der Waals surface area contributed by atoms with Gasteiger partial charge in [0.2, 0.25) is 5.88 Å². The molecule has 0 saturated carbocycles. The van der Waals surface area contributed by atoms with Gasteiger partial charge in [-0.25, -0.2) is 9.97 Å². The summed E-state index contributed by atoms with van der Waals surface area (Å²) in [5.74, 6) is 1.50. The maximum Gasteiger partial charge on any atom is 0.218 e. The Balaban J connectivity index is 2.69. The molecule has 0 saturated heterocycles. The molecule has 0 spiro atoms. The summed E-state index contributed by atoms with van der Waals surface area (Å²) in [5, 5.41) is 0. The second kappa shape index (κ2) is 7.06. The minimum atomic E-state index is 0.355. The molecule has 96 valence electrons. The molecule has 0 aliphatic carbocycles. The Kier molecular flexibility index (Phi) is 5.69. The summed E-state index contributed by atoms with van der Waals surface area (Å²) in [7, 11) is 2.01. The number of hydrogen-bond acceptors (Lipinski definition) is 5. The number of hydrogen-bond donors (Lipinski definition) is 1. The predicted octanol–water partition coefficient (Wildman–Crippen LogP) is 1.44. The minimum absolute atomic E-state index is 0.355. The van der Waals surface area contributed by atoms with Gasteiger partial charge in [0.1, 0.15) is 12.1 Å². The summed E-state index contributed by atoms with van der Waals surface area (Å²) in [4.78, 5) is 10.4. The lowest BCUT2D eigenvalue weighted by Gasteiger charge is -2.25. The SMILES string of the molecule is CCCOc1cc(N(C)C(C)CCN)ncn1. The maximum absolute atomic E-state index is 5.56. The Labute approximate surface area is 103 Å². The van der Waals surface area contributed by atoms with Gasteiger partial charge in [0.15, 0.2) is 0 Å². The van der Waals surface area contributed by atoms with Crippen LogP contribution in [0.3, 0.4) is 0 Å². The van der Waals surface area contributed by atoms with Crippen LogP contribution in [0.4, 0.5) is 5.82 Å². The van der Waals surface area contributed by atoms with Gasteiger partial charge in [-0.05, 0) is 26.3 Å². The van der Waals surface area contributed by atoms with Crippen LogP contribution in [0.2, 0.25) is 0 Å². The molecule has 0 aromatic carbocycles. The molecule has 1 aromatic heterocycles. The number of aromatic nitrogens is 2. The number of ether oxygens (including phenoxy) is 1. The Morgan fingerprint density at radius 3 is 2.88 bits per heavy atom. The van der Waals surface area contributed by atoms with Crippen LogP contribution >= 0.6 is 0 Å². The molecule has 17 heavy (non-hydrogen) atoms. The molecule has 1 unspecified atom stereocenters. The van der Waals surface area contributed by atoms with E-state index in [1.807, 2.05) is 13.1 Å². The fourth-order valence-corrected chi connectivity index (χ4v) is 1.47. The molecule has 5 heteroatoms. The molecule has 0 radical (unpaired) electrons. The molecule has 1 atom stereocenters. The maximum atomic E-state index is 5.56. The Bertz CT molecular complexity index is 332. The Morgan fingerprint density at radius 2 is 2.24 bits per heavy atom. The van der Waals surface area contributed by atoms with Crippen molar-refractivity contribution < 1.29 is 4.74 Å². The van der Waals surface area contributed by atoms with Crippen molar-refractivity contribution >= 4 is 5.82 Å². The van der Waals surface area contributed by atoms with Crippen LogP contribution in [0.15, 0.2) is 12.4 Å². The van der Waals surface area contributed by atoms with E-state index in [4.69, 9.17) is 10.5 Å². The summed E-state index contributed by atoms with van der Waals surface area (Å²) in [5.41, 5.74) is 5.56. The third-order valence-corrected chi connectivity index (χ3v) is 2.69. The van der Waals surface area contributed by atoms with Crippen molar-refractivity contribution in [3.8, 4) is 5.88 Å². The van der Waals surface area contributed by atoms with Gasteiger partial charge in [-0.2, -0.15) is 0 Å². The van der Waals surface area contributed by atoms with Crippen molar-refractivity contribution in [2.75, 3.05) is 25.1 Å². The normalized spacial score (nSPS) is 12.2. The second-order valence-electron chi connectivity index (χ2n) is 4.10. The lowest BCUT2D eigenvalue weighted by Crippen LogP contribution is -2.31. The van der Waals surface area contributed by atoms with Crippen molar-refractivity contribution in [1.29, 1.82) is 0 Å². The van der Waals surface area contributed by atoms with Crippen LogP contribution in [-0.4, -0.2) is 36.2 Å². The first kappa shape index (κ1) is 13.7. The van der Waals surface area contributed by atoms with E-state index in [1.165, 1.54) is 6.33 Å². The average molecular weight is 238 g/mol. The molecule has 1 heterocycles. The molecule has 1 rings (SSSR count). The van der Waals surface area contributed by atoms with Crippen molar-refractivity contribution in [3.05, 3.63) is 12.4 Å². The van der Waals surface area contributed by atoms with Gasteiger partial charge in [-0.3, -0.25) is 0 Å². The number of nitrogens with two attached hydrogens (primary N) is 1. The molecule has 0 aliphatic heterocycles. The van der Waals surface area contributed by atoms with E-state index in [9.17, 15) is 0 Å². The van der Waals surface area contributed by atoms with E-state index in [1.54, 1.807) is 0 Å². The van der Waals surface area contributed by atoms with Crippen LogP contribution < -0.4 is 15.4 Å². The molecule has 0 aliphatic rings. The molecule has 0 amide bonds. The van der Waals surface area contributed by atoms with Crippen LogP contribution in [0.25, 0.3) is 0 Å².